The Labute approximate surface area is 143 Å². The van der Waals surface area contributed by atoms with Gasteiger partial charge >= 0.3 is 0 Å². The maximum absolute atomic E-state index is 12.1. The molecule has 0 aromatic heterocycles. The molecule has 2 N–H and O–H groups in total. The first-order chi connectivity index (χ1) is 10.7. The van der Waals surface area contributed by atoms with Gasteiger partial charge in [0.1, 0.15) is 5.75 Å². The number of rotatable bonds is 7. The number of carbonyl (C=O) groups is 1. The van der Waals surface area contributed by atoms with Gasteiger partial charge in [0.25, 0.3) is 0 Å². The predicted octanol–water partition coefficient (Wildman–Crippen LogP) is 4.26. The molecule has 2 aromatic rings. The van der Waals surface area contributed by atoms with Gasteiger partial charge in [0.05, 0.1) is 18.8 Å². The summed E-state index contributed by atoms with van der Waals surface area (Å²) in [6.07, 6.45) is 0.927. The fraction of sp³-hybridized carbons (Fsp3) is 0.278. The zero-order chi connectivity index (χ0) is 15.8. The number of hydrogen-bond donors (Lipinski definition) is 2. The number of carbonyl (C=O) groups excluding carboxylic acids is 1. The Morgan fingerprint density at radius 3 is 2.57 bits per heavy atom. The lowest BCUT2D eigenvalue weighted by Crippen LogP contribution is -2.22. The summed E-state index contributed by atoms with van der Waals surface area (Å²) in [4.78, 5) is 12.1. The molecule has 23 heavy (non-hydrogen) atoms. The van der Waals surface area contributed by atoms with E-state index < -0.39 is 0 Å². The molecule has 2 rings (SSSR count). The minimum atomic E-state index is -0.103. The third kappa shape index (κ3) is 6.20. The highest BCUT2D eigenvalue weighted by atomic mass is 35.5. The predicted molar refractivity (Wildman–Crippen MR) is 97.8 cm³/mol. The molecule has 0 saturated heterocycles. The van der Waals surface area contributed by atoms with Gasteiger partial charge in [0, 0.05) is 5.69 Å². The van der Waals surface area contributed by atoms with E-state index >= 15 is 0 Å². The monoisotopic (exact) mass is 334 g/mol. The Morgan fingerprint density at radius 1 is 1.13 bits per heavy atom. The van der Waals surface area contributed by atoms with Crippen LogP contribution in [0, 0.1) is 6.92 Å². The molecular weight excluding hydrogens is 312 g/mol. The van der Waals surface area contributed by atoms with Crippen molar-refractivity contribution in [1.29, 1.82) is 0 Å². The second kappa shape index (κ2) is 9.74. The lowest BCUT2D eigenvalue weighted by Gasteiger charge is -2.13. The van der Waals surface area contributed by atoms with Gasteiger partial charge in [-0.2, -0.15) is 0 Å². The molecule has 0 heterocycles. The number of para-hydroxylation sites is 1. The first-order valence-electron chi connectivity index (χ1n) is 7.51. The largest absolute Gasteiger partial charge is 0.491 e. The molecule has 0 aliphatic heterocycles. The standard InChI is InChI=1S/C18H22N2O2.ClH/c1-3-11-22-17-12-14(2)9-10-16(17)20-18(21)13-19-15-7-5-4-6-8-15;/h4-10,12,19H,3,11,13H2,1-2H3,(H,20,21);1H. The van der Waals surface area contributed by atoms with Crippen LogP contribution in [0.3, 0.4) is 0 Å². The molecule has 0 bridgehead atoms. The molecule has 0 fully saturated rings. The van der Waals surface area contributed by atoms with Gasteiger partial charge in [0.2, 0.25) is 5.91 Å². The van der Waals surface area contributed by atoms with Gasteiger partial charge in [0.15, 0.2) is 0 Å². The van der Waals surface area contributed by atoms with Gasteiger partial charge in [-0.1, -0.05) is 31.2 Å². The maximum atomic E-state index is 12.1. The number of hydrogen-bond acceptors (Lipinski definition) is 3. The van der Waals surface area contributed by atoms with Crippen LogP contribution >= 0.6 is 12.4 Å². The first kappa shape index (κ1) is 18.8. The SMILES string of the molecule is CCCOc1cc(C)ccc1NC(=O)CNc1ccccc1.Cl. The van der Waals surface area contributed by atoms with Crippen LogP contribution in [0.2, 0.25) is 0 Å². The topological polar surface area (TPSA) is 50.4 Å². The highest BCUT2D eigenvalue weighted by Gasteiger charge is 2.08. The van der Waals surface area contributed by atoms with Crippen molar-refractivity contribution in [3.8, 4) is 5.75 Å². The summed E-state index contributed by atoms with van der Waals surface area (Å²) in [7, 11) is 0. The summed E-state index contributed by atoms with van der Waals surface area (Å²) in [5.74, 6) is 0.615. The van der Waals surface area contributed by atoms with Crippen molar-refractivity contribution in [2.45, 2.75) is 20.3 Å². The number of nitrogens with one attached hydrogen (secondary N) is 2. The maximum Gasteiger partial charge on any atom is 0.243 e. The van der Waals surface area contributed by atoms with Gasteiger partial charge in [-0.3, -0.25) is 4.79 Å². The van der Waals surface area contributed by atoms with E-state index in [1.165, 1.54) is 0 Å². The molecular formula is C18H23ClN2O2. The van der Waals surface area contributed by atoms with Crippen LogP contribution in [0.25, 0.3) is 0 Å². The number of amides is 1. The van der Waals surface area contributed by atoms with Crippen molar-refractivity contribution in [2.24, 2.45) is 0 Å². The van der Waals surface area contributed by atoms with Crippen LogP contribution in [-0.4, -0.2) is 19.1 Å². The Hall–Kier alpha value is -2.20. The molecule has 0 radical (unpaired) electrons. The summed E-state index contributed by atoms with van der Waals surface area (Å²) in [6, 6.07) is 15.4. The molecule has 0 unspecified atom stereocenters. The summed E-state index contributed by atoms with van der Waals surface area (Å²) >= 11 is 0. The number of halogens is 1. The molecule has 5 heteroatoms. The Kier molecular flexibility index (Phi) is 7.98. The molecule has 2 aromatic carbocycles. The number of ether oxygens (including phenoxy) is 1. The average Bonchev–Trinajstić information content (AvgIpc) is 2.54. The molecule has 0 aliphatic rings. The van der Waals surface area contributed by atoms with Crippen molar-refractivity contribution in [3.05, 3.63) is 54.1 Å². The van der Waals surface area contributed by atoms with E-state index in [1.807, 2.05) is 55.5 Å². The fourth-order valence-electron chi connectivity index (χ4n) is 2.00. The molecule has 4 nitrogen and oxygen atoms in total. The van der Waals surface area contributed by atoms with Crippen LogP contribution in [0.5, 0.6) is 5.75 Å². The van der Waals surface area contributed by atoms with Crippen molar-refractivity contribution in [3.63, 3.8) is 0 Å². The average molecular weight is 335 g/mol. The van der Waals surface area contributed by atoms with Gasteiger partial charge in [-0.05, 0) is 43.2 Å². The zero-order valence-electron chi connectivity index (χ0n) is 13.5. The second-order valence-corrected chi connectivity index (χ2v) is 5.12. The summed E-state index contributed by atoms with van der Waals surface area (Å²) in [5, 5.41) is 5.98. The van der Waals surface area contributed by atoms with E-state index in [1.54, 1.807) is 0 Å². The van der Waals surface area contributed by atoms with E-state index in [9.17, 15) is 4.79 Å². The van der Waals surface area contributed by atoms with Gasteiger partial charge in [-0.25, -0.2) is 0 Å². The van der Waals surface area contributed by atoms with Crippen LogP contribution in [0.15, 0.2) is 48.5 Å². The summed E-state index contributed by atoms with van der Waals surface area (Å²) in [5.41, 5.74) is 2.73. The smallest absolute Gasteiger partial charge is 0.243 e. The Morgan fingerprint density at radius 2 is 1.87 bits per heavy atom. The minimum absolute atomic E-state index is 0. The molecule has 0 atom stereocenters. The highest BCUT2D eigenvalue weighted by molar-refractivity contribution is 5.95. The Balaban J connectivity index is 0.00000264. The van der Waals surface area contributed by atoms with E-state index in [-0.39, 0.29) is 24.9 Å². The molecule has 0 saturated carbocycles. The van der Waals surface area contributed by atoms with Crippen LogP contribution in [0.1, 0.15) is 18.9 Å². The normalized spacial score (nSPS) is 9.65. The zero-order valence-corrected chi connectivity index (χ0v) is 14.3. The van der Waals surface area contributed by atoms with Crippen molar-refractivity contribution < 1.29 is 9.53 Å². The van der Waals surface area contributed by atoms with E-state index in [4.69, 9.17) is 4.74 Å². The number of anilines is 2. The van der Waals surface area contributed by atoms with E-state index in [0.29, 0.717) is 12.3 Å². The van der Waals surface area contributed by atoms with Crippen molar-refractivity contribution >= 4 is 29.7 Å². The van der Waals surface area contributed by atoms with Crippen LogP contribution in [-0.2, 0) is 4.79 Å². The van der Waals surface area contributed by atoms with Crippen LogP contribution < -0.4 is 15.4 Å². The number of aryl methyl sites for hydroxylation is 1. The minimum Gasteiger partial charge on any atom is -0.491 e. The first-order valence-corrected chi connectivity index (χ1v) is 7.51. The molecule has 124 valence electrons. The Bertz CT molecular complexity index is 618. The third-order valence-electron chi connectivity index (χ3n) is 3.10. The fourth-order valence-corrected chi connectivity index (χ4v) is 2.00. The van der Waals surface area contributed by atoms with E-state index in [2.05, 4.69) is 17.6 Å². The molecule has 0 aliphatic carbocycles. The third-order valence-corrected chi connectivity index (χ3v) is 3.10. The molecule has 1 amide bonds. The van der Waals surface area contributed by atoms with Crippen molar-refractivity contribution in [1.82, 2.24) is 0 Å². The second-order valence-electron chi connectivity index (χ2n) is 5.12. The number of benzene rings is 2. The van der Waals surface area contributed by atoms with Crippen molar-refractivity contribution in [2.75, 3.05) is 23.8 Å². The van der Waals surface area contributed by atoms with Gasteiger partial charge in [-0.15, -0.1) is 12.4 Å². The summed E-state index contributed by atoms with van der Waals surface area (Å²) in [6.45, 7) is 4.90. The molecule has 0 spiro atoms. The van der Waals surface area contributed by atoms with Gasteiger partial charge < -0.3 is 15.4 Å². The van der Waals surface area contributed by atoms with E-state index in [0.717, 1.165) is 23.4 Å². The lowest BCUT2D eigenvalue weighted by molar-refractivity contribution is -0.114. The lowest BCUT2D eigenvalue weighted by atomic mass is 10.2. The summed E-state index contributed by atoms with van der Waals surface area (Å²) < 4.78 is 5.70. The van der Waals surface area contributed by atoms with Crippen LogP contribution in [0.4, 0.5) is 11.4 Å². The quantitative estimate of drug-likeness (QED) is 0.795. The highest BCUT2D eigenvalue weighted by Crippen LogP contribution is 2.25.